The van der Waals surface area contributed by atoms with Gasteiger partial charge in [0.2, 0.25) is 0 Å². The molecule has 0 radical (unpaired) electrons. The summed E-state index contributed by atoms with van der Waals surface area (Å²) in [6, 6.07) is 0. The minimum absolute atomic E-state index is 0.00755. The van der Waals surface area contributed by atoms with Crippen molar-refractivity contribution in [2.45, 2.75) is 77.1 Å². The Balaban J connectivity index is 1.93. The highest BCUT2D eigenvalue weighted by molar-refractivity contribution is 7.15. The van der Waals surface area contributed by atoms with Crippen molar-refractivity contribution in [3.63, 3.8) is 0 Å². The van der Waals surface area contributed by atoms with Crippen molar-refractivity contribution in [1.82, 2.24) is 0 Å². The van der Waals surface area contributed by atoms with Gasteiger partial charge in [-0.15, -0.1) is 34.0 Å². The molecule has 0 aromatic carbocycles. The molecule has 3 heterocycles. The normalized spacial score (nSPS) is 23.1. The third-order valence-corrected chi connectivity index (χ3v) is 11.8. The van der Waals surface area contributed by atoms with Crippen LogP contribution in [0.15, 0.2) is 10.8 Å². The Hall–Kier alpha value is -2.26. The van der Waals surface area contributed by atoms with E-state index in [1.807, 2.05) is 0 Å². The number of aryl methyl sites for hydroxylation is 3. The summed E-state index contributed by atoms with van der Waals surface area (Å²) >= 11 is 1.13. The summed E-state index contributed by atoms with van der Waals surface area (Å²) in [7, 11) is 0. The number of halogens is 12. The molecule has 0 fully saturated rings. The summed E-state index contributed by atoms with van der Waals surface area (Å²) < 4.78 is 183. The maximum absolute atomic E-state index is 15.5. The molecule has 0 nitrogen and oxygen atoms in total. The van der Waals surface area contributed by atoms with Gasteiger partial charge in [0.25, 0.3) is 0 Å². The lowest BCUT2D eigenvalue weighted by Crippen LogP contribution is -2.49. The molecule has 3 aromatic heterocycles. The standard InChI is InChI=1S/C28H20F12S3/c1-9-7-42-20(11(9)3)18-19(26(35,36)28(39,40)25(18,33)34)22-13(5)12(4)21(43-22)17-16(15-10(2)8-41-14(15)6)23(29,30)27(37,38)24(17,31)32/h7-8H,1-6H3. The highest BCUT2D eigenvalue weighted by Gasteiger charge is 2.82. The Labute approximate surface area is 249 Å². The smallest absolute Gasteiger partial charge is 0.194 e. The molecule has 0 atom stereocenters. The Morgan fingerprint density at radius 1 is 0.442 bits per heavy atom. The molecule has 0 saturated heterocycles. The molecule has 234 valence electrons. The van der Waals surface area contributed by atoms with E-state index in [1.54, 1.807) is 0 Å². The summed E-state index contributed by atoms with van der Waals surface area (Å²) in [4.78, 5) is -2.65. The molecule has 5 rings (SSSR count). The number of thiophene rings is 3. The van der Waals surface area contributed by atoms with Crippen LogP contribution in [0.4, 0.5) is 52.7 Å². The van der Waals surface area contributed by atoms with Crippen molar-refractivity contribution in [1.29, 1.82) is 0 Å². The Kier molecular flexibility index (Phi) is 6.84. The van der Waals surface area contributed by atoms with Gasteiger partial charge in [0.1, 0.15) is 0 Å². The van der Waals surface area contributed by atoms with Gasteiger partial charge >= 0.3 is 35.5 Å². The Morgan fingerprint density at radius 2 is 0.814 bits per heavy atom. The van der Waals surface area contributed by atoms with Crippen molar-refractivity contribution < 1.29 is 52.7 Å². The van der Waals surface area contributed by atoms with Crippen LogP contribution in [-0.4, -0.2) is 35.5 Å². The first kappa shape index (κ1) is 32.1. The fourth-order valence-electron chi connectivity index (χ4n) is 5.47. The van der Waals surface area contributed by atoms with Crippen LogP contribution in [0.1, 0.15) is 52.9 Å². The molecule has 0 spiro atoms. The average Bonchev–Trinajstić information content (AvgIpc) is 3.53. The molecule has 2 aliphatic rings. The first-order chi connectivity index (χ1) is 19.4. The van der Waals surface area contributed by atoms with Crippen LogP contribution >= 0.6 is 34.0 Å². The zero-order valence-corrected chi connectivity index (χ0v) is 25.4. The zero-order chi connectivity index (χ0) is 32.6. The van der Waals surface area contributed by atoms with Crippen molar-refractivity contribution in [2.24, 2.45) is 0 Å². The van der Waals surface area contributed by atoms with Crippen LogP contribution in [0.3, 0.4) is 0 Å². The van der Waals surface area contributed by atoms with E-state index in [0.717, 1.165) is 25.2 Å². The van der Waals surface area contributed by atoms with E-state index >= 15 is 35.1 Å². The second-order valence-electron chi connectivity index (χ2n) is 10.7. The fraction of sp³-hybridized carbons (Fsp3) is 0.429. The van der Waals surface area contributed by atoms with Crippen LogP contribution in [-0.2, 0) is 0 Å². The Morgan fingerprint density at radius 3 is 1.19 bits per heavy atom. The van der Waals surface area contributed by atoms with E-state index in [1.165, 1.54) is 38.5 Å². The molecule has 0 unspecified atom stereocenters. The first-order valence-corrected chi connectivity index (χ1v) is 15.0. The lowest BCUT2D eigenvalue weighted by atomic mass is 9.94. The minimum atomic E-state index is -5.97. The van der Waals surface area contributed by atoms with Crippen molar-refractivity contribution in [3.05, 3.63) is 63.6 Å². The molecule has 15 heteroatoms. The zero-order valence-electron chi connectivity index (χ0n) is 22.9. The molecule has 0 N–H and O–H groups in total. The summed E-state index contributed by atoms with van der Waals surface area (Å²) in [5.74, 6) is -33.9. The quantitative estimate of drug-likeness (QED) is 0.241. The molecule has 43 heavy (non-hydrogen) atoms. The topological polar surface area (TPSA) is 0 Å². The average molecular weight is 681 g/mol. The monoisotopic (exact) mass is 680 g/mol. The van der Waals surface area contributed by atoms with Crippen LogP contribution in [0.25, 0.3) is 22.3 Å². The highest BCUT2D eigenvalue weighted by atomic mass is 32.1. The van der Waals surface area contributed by atoms with Gasteiger partial charge in [-0.1, -0.05) is 0 Å². The lowest BCUT2D eigenvalue weighted by molar-refractivity contribution is -0.254. The maximum atomic E-state index is 15.5. The summed E-state index contributed by atoms with van der Waals surface area (Å²) in [6.45, 7) is 7.10. The number of rotatable bonds is 4. The van der Waals surface area contributed by atoms with Crippen molar-refractivity contribution in [2.75, 3.05) is 0 Å². The van der Waals surface area contributed by atoms with Gasteiger partial charge in [-0.25, -0.2) is 0 Å². The second kappa shape index (κ2) is 9.15. The van der Waals surface area contributed by atoms with Crippen molar-refractivity contribution >= 4 is 56.3 Å². The van der Waals surface area contributed by atoms with Crippen LogP contribution in [0.5, 0.6) is 0 Å². The van der Waals surface area contributed by atoms with Gasteiger partial charge in [0.05, 0.1) is 16.7 Å². The molecular weight excluding hydrogens is 660 g/mol. The van der Waals surface area contributed by atoms with E-state index in [2.05, 4.69) is 0 Å². The summed E-state index contributed by atoms with van der Waals surface area (Å²) in [5.41, 5.74) is -8.50. The number of alkyl halides is 12. The molecular formula is C28H20F12S3. The largest absolute Gasteiger partial charge is 0.380 e. The van der Waals surface area contributed by atoms with E-state index in [9.17, 15) is 17.6 Å². The van der Waals surface area contributed by atoms with Crippen LogP contribution in [0, 0.1) is 41.5 Å². The van der Waals surface area contributed by atoms with Gasteiger partial charge < -0.3 is 0 Å². The van der Waals surface area contributed by atoms with E-state index in [-0.39, 0.29) is 27.3 Å². The predicted molar refractivity (Wildman–Crippen MR) is 145 cm³/mol. The molecule has 0 amide bonds. The third kappa shape index (κ3) is 3.70. The molecule has 3 aromatic rings. The van der Waals surface area contributed by atoms with Gasteiger partial charge in [-0.3, -0.25) is 0 Å². The third-order valence-electron chi connectivity index (χ3n) is 8.16. The fourth-order valence-corrected chi connectivity index (χ4v) is 8.96. The Bertz CT molecular complexity index is 1720. The van der Waals surface area contributed by atoms with E-state index in [0.29, 0.717) is 16.9 Å². The van der Waals surface area contributed by atoms with Crippen LogP contribution in [0.2, 0.25) is 0 Å². The first-order valence-electron chi connectivity index (χ1n) is 12.4. The highest BCUT2D eigenvalue weighted by Crippen LogP contribution is 2.69. The lowest BCUT2D eigenvalue weighted by Gasteiger charge is -2.26. The molecule has 0 bridgehead atoms. The van der Waals surface area contributed by atoms with Gasteiger partial charge in [0, 0.05) is 30.6 Å². The van der Waals surface area contributed by atoms with Gasteiger partial charge in [-0.2, -0.15) is 52.7 Å². The van der Waals surface area contributed by atoms with Crippen LogP contribution < -0.4 is 0 Å². The predicted octanol–water partition coefficient (Wildman–Crippen LogP) is 11.4. The number of allylic oxidation sites excluding steroid dienone is 4. The maximum Gasteiger partial charge on any atom is 0.380 e. The van der Waals surface area contributed by atoms with E-state index < -0.39 is 89.1 Å². The van der Waals surface area contributed by atoms with E-state index in [4.69, 9.17) is 0 Å². The SMILES string of the molecule is Cc1csc(C2=C(c3sc(C4=C(c5c(C)csc5C)C(F)(F)C(F)(F)C4(F)F)c(C)c3C)C(F)(F)C(F)(F)C2(F)F)c1C. The summed E-state index contributed by atoms with van der Waals surface area (Å²) in [6.07, 6.45) is 0. The molecule has 0 saturated carbocycles. The number of hydrogen-bond acceptors (Lipinski definition) is 3. The minimum Gasteiger partial charge on any atom is -0.194 e. The summed E-state index contributed by atoms with van der Waals surface area (Å²) in [5, 5.41) is 2.56. The van der Waals surface area contributed by atoms with Crippen molar-refractivity contribution in [3.8, 4) is 0 Å². The second-order valence-corrected chi connectivity index (χ2v) is 13.7. The van der Waals surface area contributed by atoms with Gasteiger partial charge in [0.15, 0.2) is 0 Å². The van der Waals surface area contributed by atoms with Gasteiger partial charge in [-0.05, 0) is 80.1 Å². The number of hydrogen-bond donors (Lipinski definition) is 0. The molecule has 0 aliphatic heterocycles. The molecule has 2 aliphatic carbocycles.